The van der Waals surface area contributed by atoms with Gasteiger partial charge < -0.3 is 5.53 Å². The minimum Gasteiger partial charge on any atom is -0.493 e. The van der Waals surface area contributed by atoms with E-state index in [1.807, 2.05) is 0 Å². The van der Waals surface area contributed by atoms with Crippen LogP contribution in [0.15, 0.2) is 47.5 Å². The van der Waals surface area contributed by atoms with Gasteiger partial charge in [-0.3, -0.25) is 0 Å². The second kappa shape index (κ2) is 28.8. The Hall–Kier alpha value is -2.48. The van der Waals surface area contributed by atoms with Crippen LogP contribution in [0.3, 0.4) is 0 Å². The summed E-state index contributed by atoms with van der Waals surface area (Å²) in [4.78, 5) is 0. The zero-order chi connectivity index (χ0) is 39.5. The summed E-state index contributed by atoms with van der Waals surface area (Å²) in [6, 6.07) is 14.7. The molecule has 0 saturated heterocycles. The molecule has 0 fully saturated rings. The van der Waals surface area contributed by atoms with Crippen LogP contribution < -0.4 is 0 Å². The van der Waals surface area contributed by atoms with E-state index in [0.29, 0.717) is 0 Å². The van der Waals surface area contributed by atoms with Gasteiger partial charge >= 0.3 is 0 Å². The highest BCUT2D eigenvalue weighted by atomic mass is 15.2. The highest BCUT2D eigenvalue weighted by molar-refractivity contribution is 5.82. The van der Waals surface area contributed by atoms with Crippen molar-refractivity contribution in [3.05, 3.63) is 86.5 Å². The van der Waals surface area contributed by atoms with Gasteiger partial charge in [-0.05, 0) is 118 Å². The van der Waals surface area contributed by atoms with E-state index in [1.165, 1.54) is 199 Å². The van der Waals surface area contributed by atoms with Crippen molar-refractivity contribution >= 4 is 11.4 Å². The largest absolute Gasteiger partial charge is 0.493 e. The van der Waals surface area contributed by atoms with Gasteiger partial charge in [-0.1, -0.05) is 182 Å². The Kier molecular flexibility index (Phi) is 24.6. The van der Waals surface area contributed by atoms with Crippen LogP contribution in [0.5, 0.6) is 0 Å². The van der Waals surface area contributed by atoms with Crippen molar-refractivity contribution in [1.82, 2.24) is 0 Å². The fraction of sp³-hybridized carbons (Fsp3) is 0.698. The molecule has 0 aromatic heterocycles. The van der Waals surface area contributed by atoms with Crippen molar-refractivity contribution in [1.29, 1.82) is 0 Å². The van der Waals surface area contributed by atoms with Crippen molar-refractivity contribution < 1.29 is 4.70 Å². The summed E-state index contributed by atoms with van der Waals surface area (Å²) in [7, 11) is 0. The molecule has 2 heteroatoms. The molecule has 0 amide bonds. The van der Waals surface area contributed by atoms with Crippen molar-refractivity contribution in [2.45, 2.75) is 241 Å². The highest BCUT2D eigenvalue weighted by Gasteiger charge is 2.34. The SMILES string of the molecule is CCCCCCCCc1cc(CCCCCCCC)cc(C2=C(C)C(CCCC)=C(c3cc(CCCCCCCC)cc(CCCCCCCC)c3)[N+]2=[N-])c1. The first-order valence-corrected chi connectivity index (χ1v) is 24.2. The normalized spacial score (nSPS) is 13.2. The molecule has 1 aliphatic heterocycles. The average molecular weight is 751 g/mol. The fourth-order valence-electron chi connectivity index (χ4n) is 8.83. The molecule has 3 rings (SSSR count). The second-order valence-corrected chi connectivity index (χ2v) is 17.4. The van der Waals surface area contributed by atoms with E-state index in [0.717, 1.165) is 56.3 Å². The summed E-state index contributed by atoms with van der Waals surface area (Å²) in [6.07, 6.45) is 39.6. The van der Waals surface area contributed by atoms with Crippen LogP contribution >= 0.6 is 0 Å². The van der Waals surface area contributed by atoms with E-state index < -0.39 is 0 Å². The van der Waals surface area contributed by atoms with Gasteiger partial charge in [-0.2, -0.15) is 0 Å². The van der Waals surface area contributed by atoms with Crippen LogP contribution in [0.4, 0.5) is 0 Å². The van der Waals surface area contributed by atoms with Crippen LogP contribution in [-0.2, 0) is 25.7 Å². The molecular weight excluding hydrogens is 665 g/mol. The van der Waals surface area contributed by atoms with Gasteiger partial charge in [-0.25, -0.2) is 4.70 Å². The third kappa shape index (κ3) is 17.3. The standard InChI is InChI=1S/C53H86N2/c1-7-12-17-21-25-29-33-45-38-46(34-30-26-22-18-13-8-2)41-49(40-45)52-44(6)51(37-16-11-5)53(55(52)54)50-42-47(35-31-27-23-19-14-9-3)39-48(43-50)36-32-28-24-20-15-10-4/h38-43H,7-37H2,1-6H3. The molecule has 0 bridgehead atoms. The number of rotatable bonds is 33. The Morgan fingerprint density at radius 3 is 0.964 bits per heavy atom. The van der Waals surface area contributed by atoms with Crippen LogP contribution in [-0.4, -0.2) is 4.70 Å². The lowest BCUT2D eigenvalue weighted by Gasteiger charge is -2.15. The Bertz CT molecular complexity index is 1360. The summed E-state index contributed by atoms with van der Waals surface area (Å²) in [5, 5.41) is 0. The Morgan fingerprint density at radius 2 is 0.636 bits per heavy atom. The monoisotopic (exact) mass is 751 g/mol. The van der Waals surface area contributed by atoms with E-state index >= 15 is 0 Å². The van der Waals surface area contributed by atoms with E-state index in [1.54, 1.807) is 4.70 Å². The number of hydrogen-bond donors (Lipinski definition) is 0. The maximum Gasteiger partial charge on any atom is 0.211 e. The average Bonchev–Trinajstić information content (AvgIpc) is 3.44. The quantitative estimate of drug-likeness (QED) is 0.0513. The number of benzene rings is 2. The molecule has 0 N–H and O–H groups in total. The maximum absolute atomic E-state index is 12.5. The van der Waals surface area contributed by atoms with Crippen LogP contribution in [0.25, 0.3) is 16.9 Å². The predicted molar refractivity (Wildman–Crippen MR) is 244 cm³/mol. The molecule has 2 aromatic rings. The molecule has 2 aromatic carbocycles. The molecule has 1 heterocycles. The molecule has 0 atom stereocenters. The number of hydrogen-bond acceptors (Lipinski definition) is 0. The predicted octanol–water partition coefficient (Wildman–Crippen LogP) is 17.7. The van der Waals surface area contributed by atoms with Gasteiger partial charge in [0.15, 0.2) is 0 Å². The summed E-state index contributed by atoms with van der Waals surface area (Å²) in [6.45, 7) is 13.8. The molecule has 308 valence electrons. The zero-order valence-electron chi connectivity index (χ0n) is 37.3. The van der Waals surface area contributed by atoms with Gasteiger partial charge in [0.1, 0.15) is 0 Å². The Labute approximate surface area is 342 Å². The lowest BCUT2D eigenvalue weighted by molar-refractivity contribution is -0.345. The van der Waals surface area contributed by atoms with Crippen molar-refractivity contribution in [3.8, 4) is 0 Å². The van der Waals surface area contributed by atoms with E-state index in [-0.39, 0.29) is 0 Å². The first kappa shape index (κ1) is 46.9. The highest BCUT2D eigenvalue weighted by Crippen LogP contribution is 2.43. The van der Waals surface area contributed by atoms with Crippen LogP contribution in [0.1, 0.15) is 248 Å². The van der Waals surface area contributed by atoms with Crippen molar-refractivity contribution in [3.63, 3.8) is 0 Å². The summed E-state index contributed by atoms with van der Waals surface area (Å²) in [5.74, 6) is 0. The number of aryl methyl sites for hydroxylation is 4. The summed E-state index contributed by atoms with van der Waals surface area (Å²) in [5.41, 5.74) is 25.4. The molecule has 0 unspecified atom stereocenters. The molecule has 0 spiro atoms. The smallest absolute Gasteiger partial charge is 0.211 e. The maximum atomic E-state index is 12.5. The first-order valence-electron chi connectivity index (χ1n) is 24.2. The van der Waals surface area contributed by atoms with Crippen molar-refractivity contribution in [2.24, 2.45) is 0 Å². The van der Waals surface area contributed by atoms with E-state index in [2.05, 4.69) is 77.9 Å². The van der Waals surface area contributed by atoms with Gasteiger partial charge in [0, 0.05) is 22.3 Å². The Morgan fingerprint density at radius 1 is 0.345 bits per heavy atom. The van der Waals surface area contributed by atoms with Gasteiger partial charge in [0.05, 0.1) is 0 Å². The van der Waals surface area contributed by atoms with Gasteiger partial charge in [0.2, 0.25) is 11.4 Å². The lowest BCUT2D eigenvalue weighted by Crippen LogP contribution is -2.05. The minimum atomic E-state index is 1.01. The molecule has 55 heavy (non-hydrogen) atoms. The molecule has 2 nitrogen and oxygen atoms in total. The number of unbranched alkanes of at least 4 members (excludes halogenated alkanes) is 21. The lowest BCUT2D eigenvalue weighted by atomic mass is 9.92. The molecule has 0 radical (unpaired) electrons. The van der Waals surface area contributed by atoms with Crippen LogP contribution in [0, 0.1) is 0 Å². The van der Waals surface area contributed by atoms with E-state index in [9.17, 15) is 5.53 Å². The van der Waals surface area contributed by atoms with Gasteiger partial charge in [-0.15, -0.1) is 0 Å². The third-order valence-corrected chi connectivity index (χ3v) is 12.2. The fourth-order valence-corrected chi connectivity index (χ4v) is 8.83. The zero-order valence-corrected chi connectivity index (χ0v) is 37.3. The third-order valence-electron chi connectivity index (χ3n) is 12.2. The van der Waals surface area contributed by atoms with E-state index in [4.69, 9.17) is 0 Å². The van der Waals surface area contributed by atoms with Gasteiger partial charge in [0.25, 0.3) is 0 Å². The topological polar surface area (TPSA) is 25.3 Å². The molecule has 0 saturated carbocycles. The molecule has 1 aliphatic rings. The summed E-state index contributed by atoms with van der Waals surface area (Å²) < 4.78 is 1.64. The minimum absolute atomic E-state index is 1.01. The van der Waals surface area contributed by atoms with Crippen molar-refractivity contribution in [2.75, 3.05) is 0 Å². The Balaban J connectivity index is 1.95. The first-order chi connectivity index (χ1) is 27.0. The summed E-state index contributed by atoms with van der Waals surface area (Å²) >= 11 is 0. The molecule has 0 aliphatic carbocycles. The number of allylic oxidation sites excluding steroid dienone is 2. The second-order valence-electron chi connectivity index (χ2n) is 17.4. The molecular formula is C53H86N2. The van der Waals surface area contributed by atoms with Crippen LogP contribution in [0.2, 0.25) is 0 Å². The number of nitrogens with zero attached hydrogens (tertiary/aromatic N) is 2.